The fourth-order valence-electron chi connectivity index (χ4n) is 4.16. The Morgan fingerprint density at radius 3 is 2.50 bits per heavy atom. The molecule has 1 aliphatic rings. The minimum Gasteiger partial charge on any atom is -0.490 e. The molecule has 0 aliphatic heterocycles. The number of carbonyl (C=O) groups excluding carboxylic acids is 1. The molecule has 0 radical (unpaired) electrons. The van der Waals surface area contributed by atoms with Crippen LogP contribution in [0.3, 0.4) is 0 Å². The Morgan fingerprint density at radius 1 is 1.11 bits per heavy atom. The van der Waals surface area contributed by atoms with Gasteiger partial charge in [0, 0.05) is 5.69 Å². The minimum atomic E-state index is -0.427. The lowest BCUT2D eigenvalue weighted by Gasteiger charge is -2.36. The number of benzene rings is 2. The second-order valence-electron chi connectivity index (χ2n) is 8.28. The van der Waals surface area contributed by atoms with Crippen LogP contribution in [0.15, 0.2) is 42.5 Å². The molecule has 1 N–H and O–H groups in total. The molecule has 0 heterocycles. The number of ether oxygens (including phenoxy) is 1. The molecule has 150 valence electrons. The molecule has 3 nitrogen and oxygen atoms in total. The highest BCUT2D eigenvalue weighted by molar-refractivity contribution is 5.99. The van der Waals surface area contributed by atoms with E-state index in [-0.39, 0.29) is 12.0 Å². The third-order valence-corrected chi connectivity index (χ3v) is 6.05. The summed E-state index contributed by atoms with van der Waals surface area (Å²) in [5.41, 5.74) is 3.82. The van der Waals surface area contributed by atoms with Gasteiger partial charge in [0.25, 0.3) is 0 Å². The topological polar surface area (TPSA) is 38.3 Å². The molecule has 3 heteroatoms. The third-order valence-electron chi connectivity index (χ3n) is 6.05. The number of aryl methyl sites for hydroxylation is 2. The Morgan fingerprint density at radius 2 is 1.86 bits per heavy atom. The molecule has 1 saturated carbocycles. The van der Waals surface area contributed by atoms with Crippen LogP contribution in [0.1, 0.15) is 69.1 Å². The van der Waals surface area contributed by atoms with E-state index < -0.39 is 5.41 Å². The van der Waals surface area contributed by atoms with E-state index in [1.54, 1.807) is 0 Å². The first-order chi connectivity index (χ1) is 13.4. The molecule has 2 aromatic carbocycles. The molecule has 3 rings (SSSR count). The first-order valence-electron chi connectivity index (χ1n) is 10.6. The maximum Gasteiger partial charge on any atom is 0.235 e. The van der Waals surface area contributed by atoms with Crippen molar-refractivity contribution in [3.63, 3.8) is 0 Å². The summed E-state index contributed by atoms with van der Waals surface area (Å²) in [4.78, 5) is 13.5. The predicted octanol–water partition coefficient (Wildman–Crippen LogP) is 6.32. The van der Waals surface area contributed by atoms with Crippen LogP contribution >= 0.6 is 0 Å². The molecule has 1 aliphatic carbocycles. The lowest BCUT2D eigenvalue weighted by molar-refractivity contribution is -0.122. The van der Waals surface area contributed by atoms with Crippen LogP contribution in [-0.4, -0.2) is 12.0 Å². The lowest BCUT2D eigenvalue weighted by atomic mass is 9.68. The quantitative estimate of drug-likeness (QED) is 0.637. The van der Waals surface area contributed by atoms with Crippen LogP contribution in [0.5, 0.6) is 5.75 Å². The summed E-state index contributed by atoms with van der Waals surface area (Å²) in [7, 11) is 0. The lowest BCUT2D eigenvalue weighted by Crippen LogP contribution is -2.42. The SMILES string of the molecule is CCC(C)Oc1ccc(NC(=O)C2(c3cccc(C)c3)CCCCC2)cc1C. The van der Waals surface area contributed by atoms with Gasteiger partial charge in [-0.05, 0) is 69.4 Å². The van der Waals surface area contributed by atoms with Crippen LogP contribution < -0.4 is 10.1 Å². The molecule has 1 amide bonds. The first-order valence-corrected chi connectivity index (χ1v) is 10.6. The van der Waals surface area contributed by atoms with Crippen LogP contribution in [0, 0.1) is 13.8 Å². The Bertz CT molecular complexity index is 821. The summed E-state index contributed by atoms with van der Waals surface area (Å²) < 4.78 is 5.96. The van der Waals surface area contributed by atoms with E-state index >= 15 is 0 Å². The summed E-state index contributed by atoms with van der Waals surface area (Å²) >= 11 is 0. The van der Waals surface area contributed by atoms with Gasteiger partial charge in [0.05, 0.1) is 11.5 Å². The van der Waals surface area contributed by atoms with Gasteiger partial charge in [0.1, 0.15) is 5.75 Å². The van der Waals surface area contributed by atoms with E-state index in [9.17, 15) is 4.79 Å². The minimum absolute atomic E-state index is 0.118. The second kappa shape index (κ2) is 8.81. The van der Waals surface area contributed by atoms with E-state index in [1.165, 1.54) is 12.0 Å². The summed E-state index contributed by atoms with van der Waals surface area (Å²) in [6.07, 6.45) is 6.39. The van der Waals surface area contributed by atoms with Crippen molar-refractivity contribution < 1.29 is 9.53 Å². The zero-order chi connectivity index (χ0) is 20.1. The highest BCUT2D eigenvalue weighted by Gasteiger charge is 2.41. The van der Waals surface area contributed by atoms with Crippen molar-refractivity contribution in [1.29, 1.82) is 0 Å². The van der Waals surface area contributed by atoms with Crippen molar-refractivity contribution in [2.45, 2.75) is 77.7 Å². The number of rotatable bonds is 6. The summed E-state index contributed by atoms with van der Waals surface area (Å²) in [5.74, 6) is 1.01. The molecule has 0 saturated heterocycles. The second-order valence-corrected chi connectivity index (χ2v) is 8.28. The fraction of sp³-hybridized carbons (Fsp3) is 0.480. The molecule has 2 aromatic rings. The number of carbonyl (C=O) groups is 1. The maximum atomic E-state index is 13.5. The van der Waals surface area contributed by atoms with E-state index in [2.05, 4.69) is 50.4 Å². The van der Waals surface area contributed by atoms with E-state index in [0.29, 0.717) is 0 Å². The van der Waals surface area contributed by atoms with Gasteiger partial charge in [0.15, 0.2) is 0 Å². The van der Waals surface area contributed by atoms with Gasteiger partial charge in [-0.2, -0.15) is 0 Å². The molecule has 1 atom stereocenters. The average molecular weight is 380 g/mol. The van der Waals surface area contributed by atoms with Gasteiger partial charge >= 0.3 is 0 Å². The molecule has 0 bridgehead atoms. The largest absolute Gasteiger partial charge is 0.490 e. The Kier molecular flexibility index (Phi) is 6.43. The van der Waals surface area contributed by atoms with Crippen molar-refractivity contribution in [2.24, 2.45) is 0 Å². The zero-order valence-electron chi connectivity index (χ0n) is 17.7. The predicted molar refractivity (Wildman–Crippen MR) is 116 cm³/mol. The Balaban J connectivity index is 1.84. The molecule has 28 heavy (non-hydrogen) atoms. The molecule has 1 unspecified atom stereocenters. The number of hydrogen-bond acceptors (Lipinski definition) is 2. The monoisotopic (exact) mass is 379 g/mol. The maximum absolute atomic E-state index is 13.5. The number of amides is 1. The Labute approximate surface area is 169 Å². The Hall–Kier alpha value is -2.29. The molecule has 1 fully saturated rings. The number of nitrogens with one attached hydrogen (secondary N) is 1. The van der Waals surface area contributed by atoms with Crippen LogP contribution in [0.25, 0.3) is 0 Å². The third kappa shape index (κ3) is 4.40. The van der Waals surface area contributed by atoms with Gasteiger partial charge in [-0.3, -0.25) is 4.79 Å². The first kappa shape index (κ1) is 20.4. The van der Waals surface area contributed by atoms with Gasteiger partial charge < -0.3 is 10.1 Å². The highest BCUT2D eigenvalue weighted by Crippen LogP contribution is 2.41. The molecule has 0 spiro atoms. The number of hydrogen-bond donors (Lipinski definition) is 1. The summed E-state index contributed by atoms with van der Waals surface area (Å²) in [6.45, 7) is 8.31. The van der Waals surface area contributed by atoms with E-state index in [1.807, 2.05) is 25.1 Å². The van der Waals surface area contributed by atoms with E-state index in [4.69, 9.17) is 4.74 Å². The fourth-order valence-corrected chi connectivity index (χ4v) is 4.16. The molecular weight excluding hydrogens is 346 g/mol. The molecule has 0 aromatic heterocycles. The van der Waals surface area contributed by atoms with Gasteiger partial charge in [-0.25, -0.2) is 0 Å². The smallest absolute Gasteiger partial charge is 0.235 e. The summed E-state index contributed by atoms with van der Waals surface area (Å²) in [5, 5.41) is 3.21. The van der Waals surface area contributed by atoms with Crippen LogP contribution in [0.2, 0.25) is 0 Å². The van der Waals surface area contributed by atoms with Crippen molar-refractivity contribution in [3.05, 3.63) is 59.2 Å². The van der Waals surface area contributed by atoms with Gasteiger partial charge in [0.2, 0.25) is 5.91 Å². The highest BCUT2D eigenvalue weighted by atomic mass is 16.5. The normalized spacial score (nSPS) is 17.0. The van der Waals surface area contributed by atoms with Gasteiger partial charge in [-0.1, -0.05) is 56.0 Å². The standard InChI is InChI=1S/C25H33NO2/c1-5-20(4)28-23-13-12-22(17-19(23)3)26-24(27)25(14-7-6-8-15-25)21-11-9-10-18(2)16-21/h9-13,16-17,20H,5-8,14-15H2,1-4H3,(H,26,27). The summed E-state index contributed by atoms with van der Waals surface area (Å²) in [6, 6.07) is 14.4. The molecular formula is C25H33NO2. The van der Waals surface area contributed by atoms with Crippen molar-refractivity contribution in [3.8, 4) is 5.75 Å². The van der Waals surface area contributed by atoms with E-state index in [0.717, 1.165) is 54.7 Å². The van der Waals surface area contributed by atoms with Crippen molar-refractivity contribution >= 4 is 11.6 Å². The number of anilines is 1. The van der Waals surface area contributed by atoms with Crippen LogP contribution in [-0.2, 0) is 10.2 Å². The van der Waals surface area contributed by atoms with Crippen molar-refractivity contribution in [2.75, 3.05) is 5.32 Å². The average Bonchev–Trinajstić information content (AvgIpc) is 2.70. The van der Waals surface area contributed by atoms with Crippen LogP contribution in [0.4, 0.5) is 5.69 Å². The van der Waals surface area contributed by atoms with Gasteiger partial charge in [-0.15, -0.1) is 0 Å². The zero-order valence-corrected chi connectivity index (χ0v) is 17.7. The van der Waals surface area contributed by atoms with Crippen molar-refractivity contribution in [1.82, 2.24) is 0 Å².